The Balaban J connectivity index is 2.29. The number of nitrogens with one attached hydrogen (secondary N) is 1. The van der Waals surface area contributed by atoms with Crippen molar-refractivity contribution < 1.29 is 9.53 Å². The Morgan fingerprint density at radius 1 is 1.53 bits per heavy atom. The van der Waals surface area contributed by atoms with Crippen LogP contribution in [0.15, 0.2) is 18.2 Å². The van der Waals surface area contributed by atoms with E-state index >= 15 is 0 Å². The second-order valence-electron chi connectivity index (χ2n) is 3.57. The standard InChI is InChI=1S/C12H17IN2O2/c1-2-17-12(16)4-3-7-15-11-6-5-9(13)8-10(11)14/h5-6,8,15H,2-4,7,14H2,1H3. The number of anilines is 2. The van der Waals surface area contributed by atoms with Crippen LogP contribution in [0.2, 0.25) is 0 Å². The number of rotatable bonds is 6. The van der Waals surface area contributed by atoms with Crippen LogP contribution in [0.25, 0.3) is 0 Å². The molecule has 0 bridgehead atoms. The summed E-state index contributed by atoms with van der Waals surface area (Å²) in [6, 6.07) is 5.85. The monoisotopic (exact) mass is 348 g/mol. The van der Waals surface area contributed by atoms with Crippen LogP contribution in [0.1, 0.15) is 19.8 Å². The second-order valence-corrected chi connectivity index (χ2v) is 4.81. The summed E-state index contributed by atoms with van der Waals surface area (Å²) in [5, 5.41) is 3.20. The van der Waals surface area contributed by atoms with Crippen molar-refractivity contribution in [3.63, 3.8) is 0 Å². The van der Waals surface area contributed by atoms with Gasteiger partial charge >= 0.3 is 5.97 Å². The van der Waals surface area contributed by atoms with E-state index < -0.39 is 0 Å². The van der Waals surface area contributed by atoms with Gasteiger partial charge in [-0.1, -0.05) is 0 Å². The highest BCUT2D eigenvalue weighted by molar-refractivity contribution is 14.1. The SMILES string of the molecule is CCOC(=O)CCCNc1ccc(I)cc1N. The van der Waals surface area contributed by atoms with Gasteiger partial charge in [0.25, 0.3) is 0 Å². The van der Waals surface area contributed by atoms with E-state index in [4.69, 9.17) is 10.5 Å². The van der Waals surface area contributed by atoms with Crippen LogP contribution in [-0.2, 0) is 9.53 Å². The van der Waals surface area contributed by atoms with Gasteiger partial charge in [0.15, 0.2) is 0 Å². The number of benzene rings is 1. The lowest BCUT2D eigenvalue weighted by Gasteiger charge is -2.09. The topological polar surface area (TPSA) is 64.3 Å². The number of nitrogen functional groups attached to an aromatic ring is 1. The van der Waals surface area contributed by atoms with E-state index in [0.717, 1.165) is 21.4 Å². The van der Waals surface area contributed by atoms with Crippen molar-refractivity contribution in [1.82, 2.24) is 0 Å². The van der Waals surface area contributed by atoms with Crippen LogP contribution >= 0.6 is 22.6 Å². The summed E-state index contributed by atoms with van der Waals surface area (Å²) < 4.78 is 5.95. The average Bonchev–Trinajstić information content (AvgIpc) is 2.27. The zero-order valence-corrected chi connectivity index (χ0v) is 12.0. The van der Waals surface area contributed by atoms with Gasteiger partial charge in [0.2, 0.25) is 0 Å². The molecule has 94 valence electrons. The van der Waals surface area contributed by atoms with Crippen molar-refractivity contribution in [3.05, 3.63) is 21.8 Å². The molecular formula is C12H17IN2O2. The third-order valence-electron chi connectivity index (χ3n) is 2.19. The minimum Gasteiger partial charge on any atom is -0.466 e. The predicted molar refractivity (Wildman–Crippen MR) is 77.9 cm³/mol. The second kappa shape index (κ2) is 7.37. The molecule has 0 unspecified atom stereocenters. The van der Waals surface area contributed by atoms with E-state index in [2.05, 4.69) is 27.9 Å². The lowest BCUT2D eigenvalue weighted by molar-refractivity contribution is -0.143. The first-order valence-electron chi connectivity index (χ1n) is 5.58. The van der Waals surface area contributed by atoms with Gasteiger partial charge in [-0.3, -0.25) is 4.79 Å². The van der Waals surface area contributed by atoms with Crippen LogP contribution in [0, 0.1) is 3.57 Å². The molecule has 0 aliphatic carbocycles. The molecule has 0 aliphatic rings. The molecule has 3 N–H and O–H groups in total. The summed E-state index contributed by atoms with van der Waals surface area (Å²) >= 11 is 2.22. The molecule has 0 aliphatic heterocycles. The largest absolute Gasteiger partial charge is 0.466 e. The van der Waals surface area contributed by atoms with Crippen molar-refractivity contribution in [2.45, 2.75) is 19.8 Å². The molecule has 0 aromatic heterocycles. The van der Waals surface area contributed by atoms with Crippen molar-refractivity contribution in [1.29, 1.82) is 0 Å². The average molecular weight is 348 g/mol. The van der Waals surface area contributed by atoms with E-state index in [9.17, 15) is 4.79 Å². The maximum Gasteiger partial charge on any atom is 0.305 e. The summed E-state index contributed by atoms with van der Waals surface area (Å²) in [4.78, 5) is 11.1. The highest BCUT2D eigenvalue weighted by Gasteiger charge is 2.02. The minimum absolute atomic E-state index is 0.148. The van der Waals surface area contributed by atoms with Crippen molar-refractivity contribution >= 4 is 39.9 Å². The molecule has 0 fully saturated rings. The van der Waals surface area contributed by atoms with Gasteiger partial charge in [-0.05, 0) is 54.1 Å². The Hall–Kier alpha value is -0.980. The maximum atomic E-state index is 11.1. The number of ether oxygens (including phenoxy) is 1. The quantitative estimate of drug-likeness (QED) is 0.359. The Morgan fingerprint density at radius 2 is 2.29 bits per heavy atom. The Bertz CT molecular complexity index is 383. The van der Waals surface area contributed by atoms with Crippen LogP contribution in [-0.4, -0.2) is 19.1 Å². The van der Waals surface area contributed by atoms with Crippen molar-refractivity contribution in [3.8, 4) is 0 Å². The third-order valence-corrected chi connectivity index (χ3v) is 2.86. The number of halogens is 1. The summed E-state index contributed by atoms with van der Waals surface area (Å²) in [5.74, 6) is -0.148. The smallest absolute Gasteiger partial charge is 0.305 e. The number of carbonyl (C=O) groups is 1. The molecule has 0 saturated carbocycles. The Morgan fingerprint density at radius 3 is 2.94 bits per heavy atom. The molecule has 0 amide bonds. The lowest BCUT2D eigenvalue weighted by Crippen LogP contribution is -2.09. The first kappa shape index (κ1) is 14.1. The van der Waals surface area contributed by atoms with Gasteiger partial charge in [-0.2, -0.15) is 0 Å². The van der Waals surface area contributed by atoms with Gasteiger partial charge in [0.05, 0.1) is 18.0 Å². The molecule has 1 aromatic rings. The van der Waals surface area contributed by atoms with E-state index in [0.29, 0.717) is 19.6 Å². The molecule has 5 heteroatoms. The normalized spacial score (nSPS) is 10.0. The van der Waals surface area contributed by atoms with Gasteiger partial charge in [-0.25, -0.2) is 0 Å². The minimum atomic E-state index is -0.148. The summed E-state index contributed by atoms with van der Waals surface area (Å²) in [5.41, 5.74) is 7.49. The zero-order chi connectivity index (χ0) is 12.7. The molecule has 0 saturated heterocycles. The van der Waals surface area contributed by atoms with Crippen LogP contribution < -0.4 is 11.1 Å². The van der Waals surface area contributed by atoms with Crippen molar-refractivity contribution in [2.24, 2.45) is 0 Å². The first-order valence-corrected chi connectivity index (χ1v) is 6.66. The van der Waals surface area contributed by atoms with Gasteiger partial charge in [0.1, 0.15) is 0 Å². The van der Waals surface area contributed by atoms with E-state index in [1.165, 1.54) is 0 Å². The summed E-state index contributed by atoms with van der Waals surface area (Å²) in [7, 11) is 0. The summed E-state index contributed by atoms with van der Waals surface area (Å²) in [6.07, 6.45) is 1.18. The van der Waals surface area contributed by atoms with E-state index in [-0.39, 0.29) is 5.97 Å². The van der Waals surface area contributed by atoms with E-state index in [1.54, 1.807) is 0 Å². The number of hydrogen-bond acceptors (Lipinski definition) is 4. The number of hydrogen-bond donors (Lipinski definition) is 2. The number of esters is 1. The molecule has 1 aromatic carbocycles. The molecule has 0 radical (unpaired) electrons. The Labute approximate surface area is 115 Å². The van der Waals surface area contributed by atoms with Crippen molar-refractivity contribution in [2.75, 3.05) is 24.2 Å². The highest BCUT2D eigenvalue weighted by atomic mass is 127. The number of carbonyl (C=O) groups excluding carboxylic acids is 1. The molecule has 17 heavy (non-hydrogen) atoms. The molecule has 0 heterocycles. The fourth-order valence-electron chi connectivity index (χ4n) is 1.38. The van der Waals surface area contributed by atoms with Gasteiger partial charge in [0, 0.05) is 16.5 Å². The molecular weight excluding hydrogens is 331 g/mol. The fourth-order valence-corrected chi connectivity index (χ4v) is 1.90. The molecule has 1 rings (SSSR count). The van der Waals surface area contributed by atoms with Crippen LogP contribution in [0.4, 0.5) is 11.4 Å². The predicted octanol–water partition coefficient (Wildman–Crippen LogP) is 2.63. The highest BCUT2D eigenvalue weighted by Crippen LogP contribution is 2.20. The molecule has 4 nitrogen and oxygen atoms in total. The Kier molecular flexibility index (Phi) is 6.10. The maximum absolute atomic E-state index is 11.1. The van der Waals surface area contributed by atoms with Gasteiger partial charge < -0.3 is 15.8 Å². The molecule has 0 spiro atoms. The summed E-state index contributed by atoms with van der Waals surface area (Å²) in [6.45, 7) is 2.96. The van der Waals surface area contributed by atoms with Crippen LogP contribution in [0.5, 0.6) is 0 Å². The van der Waals surface area contributed by atoms with Gasteiger partial charge in [-0.15, -0.1) is 0 Å². The first-order chi connectivity index (χ1) is 8.13. The third kappa shape index (κ3) is 5.25. The van der Waals surface area contributed by atoms with Crippen LogP contribution in [0.3, 0.4) is 0 Å². The van der Waals surface area contributed by atoms with E-state index in [1.807, 2.05) is 25.1 Å². The zero-order valence-electron chi connectivity index (χ0n) is 9.83. The number of nitrogens with two attached hydrogens (primary N) is 1. The molecule has 0 atom stereocenters. The lowest BCUT2D eigenvalue weighted by atomic mass is 10.2. The fraction of sp³-hybridized carbons (Fsp3) is 0.417.